The summed E-state index contributed by atoms with van der Waals surface area (Å²) >= 11 is 1.82. The zero-order valence-corrected chi connectivity index (χ0v) is 15.6. The highest BCUT2D eigenvalue weighted by atomic mass is 32.1. The second kappa shape index (κ2) is 7.04. The molecule has 0 aliphatic carbocycles. The van der Waals surface area contributed by atoms with Gasteiger partial charge in [-0.2, -0.15) is 5.26 Å². The predicted molar refractivity (Wildman–Crippen MR) is 99.2 cm³/mol. The molecule has 2 heterocycles. The summed E-state index contributed by atoms with van der Waals surface area (Å²) in [5, 5.41) is 12.8. The van der Waals surface area contributed by atoms with Gasteiger partial charge >= 0.3 is 0 Å². The molecule has 126 valence electrons. The third kappa shape index (κ3) is 3.85. The number of hydrogen-bond acceptors (Lipinski definition) is 4. The highest BCUT2D eigenvalue weighted by Crippen LogP contribution is 2.33. The minimum Gasteiger partial charge on any atom is -0.299 e. The van der Waals surface area contributed by atoms with Gasteiger partial charge in [-0.1, -0.05) is 39.0 Å². The van der Waals surface area contributed by atoms with Gasteiger partial charge in [0.25, 0.3) is 0 Å². The van der Waals surface area contributed by atoms with E-state index in [1.807, 2.05) is 29.5 Å². The Kier molecular flexibility index (Phi) is 5.03. The van der Waals surface area contributed by atoms with Crippen molar-refractivity contribution >= 4 is 11.3 Å². The van der Waals surface area contributed by atoms with Gasteiger partial charge in [0.2, 0.25) is 0 Å². The summed E-state index contributed by atoms with van der Waals surface area (Å²) in [5.41, 5.74) is 3.29. The summed E-state index contributed by atoms with van der Waals surface area (Å²) < 4.78 is 0. The number of benzene rings is 1. The zero-order chi connectivity index (χ0) is 17.2. The first-order valence-corrected chi connectivity index (χ1v) is 9.51. The second-order valence-electron chi connectivity index (χ2n) is 7.64. The molecule has 24 heavy (non-hydrogen) atoms. The van der Waals surface area contributed by atoms with Gasteiger partial charge in [0.15, 0.2) is 0 Å². The maximum atomic E-state index is 9.23. The third-order valence-corrected chi connectivity index (χ3v) is 5.77. The van der Waals surface area contributed by atoms with Crippen molar-refractivity contribution in [2.75, 3.05) is 13.1 Å². The molecular formula is C20H25N3S. The van der Waals surface area contributed by atoms with Crippen LogP contribution in [-0.2, 0) is 12.0 Å². The Bertz CT molecular complexity index is 728. The van der Waals surface area contributed by atoms with Crippen LogP contribution in [0.4, 0.5) is 0 Å². The van der Waals surface area contributed by atoms with Crippen LogP contribution in [0.3, 0.4) is 0 Å². The quantitative estimate of drug-likeness (QED) is 0.814. The normalized spacial score (nSPS) is 16.9. The Morgan fingerprint density at radius 2 is 1.96 bits per heavy atom. The standard InChI is InChI=1S/C20H25N3S/c1-20(2,3)18-14-24-19(22-18)15-8-10-23(11-9-15)13-17-7-5-4-6-16(17)12-21/h4-7,14-15H,8-11,13H2,1-3H3. The van der Waals surface area contributed by atoms with E-state index in [9.17, 15) is 5.26 Å². The lowest BCUT2D eigenvalue weighted by molar-refractivity contribution is 0.204. The van der Waals surface area contributed by atoms with E-state index in [1.54, 1.807) is 0 Å². The van der Waals surface area contributed by atoms with Crippen molar-refractivity contribution in [2.24, 2.45) is 0 Å². The number of hydrogen-bond donors (Lipinski definition) is 0. The van der Waals surface area contributed by atoms with Crippen LogP contribution in [0.15, 0.2) is 29.6 Å². The molecular weight excluding hydrogens is 314 g/mol. The van der Waals surface area contributed by atoms with Crippen molar-refractivity contribution in [2.45, 2.75) is 51.5 Å². The summed E-state index contributed by atoms with van der Waals surface area (Å²) in [6, 6.07) is 10.2. The van der Waals surface area contributed by atoms with Gasteiger partial charge in [0, 0.05) is 23.3 Å². The molecule has 3 nitrogen and oxygen atoms in total. The fourth-order valence-electron chi connectivity index (χ4n) is 3.17. The SMILES string of the molecule is CC(C)(C)c1csc(C2CCN(Cc3ccccc3C#N)CC2)n1. The number of piperidine rings is 1. The summed E-state index contributed by atoms with van der Waals surface area (Å²) in [6.07, 6.45) is 2.32. The zero-order valence-electron chi connectivity index (χ0n) is 14.7. The number of nitriles is 1. The molecule has 3 rings (SSSR count). The minimum atomic E-state index is 0.135. The molecule has 1 aliphatic heterocycles. The van der Waals surface area contributed by atoms with Crippen molar-refractivity contribution in [3.8, 4) is 6.07 Å². The maximum Gasteiger partial charge on any atom is 0.0995 e. The lowest BCUT2D eigenvalue weighted by atomic mass is 9.93. The molecule has 0 unspecified atom stereocenters. The minimum absolute atomic E-state index is 0.135. The average Bonchev–Trinajstić information content (AvgIpc) is 3.06. The van der Waals surface area contributed by atoms with Gasteiger partial charge in [0.05, 0.1) is 22.3 Å². The van der Waals surface area contributed by atoms with E-state index in [4.69, 9.17) is 4.98 Å². The smallest absolute Gasteiger partial charge is 0.0995 e. The Hall–Kier alpha value is -1.70. The number of aromatic nitrogens is 1. The molecule has 1 saturated heterocycles. The van der Waals surface area contributed by atoms with Gasteiger partial charge in [-0.25, -0.2) is 4.98 Å². The molecule has 4 heteroatoms. The van der Waals surface area contributed by atoms with Gasteiger partial charge in [-0.15, -0.1) is 11.3 Å². The molecule has 0 atom stereocenters. The number of nitrogens with zero attached hydrogens (tertiary/aromatic N) is 3. The Balaban J connectivity index is 1.60. The summed E-state index contributed by atoms with van der Waals surface area (Å²) in [7, 11) is 0. The fraction of sp³-hybridized carbons (Fsp3) is 0.500. The van der Waals surface area contributed by atoms with E-state index < -0.39 is 0 Å². The second-order valence-corrected chi connectivity index (χ2v) is 8.53. The largest absolute Gasteiger partial charge is 0.299 e. The van der Waals surface area contributed by atoms with Gasteiger partial charge in [0.1, 0.15) is 0 Å². The summed E-state index contributed by atoms with van der Waals surface area (Å²) in [5.74, 6) is 0.591. The first-order chi connectivity index (χ1) is 11.5. The molecule has 1 aromatic heterocycles. The fourth-order valence-corrected chi connectivity index (χ4v) is 4.38. The Morgan fingerprint density at radius 3 is 2.58 bits per heavy atom. The lowest BCUT2D eigenvalue weighted by Gasteiger charge is -2.31. The van der Waals surface area contributed by atoms with Crippen LogP contribution in [-0.4, -0.2) is 23.0 Å². The molecule has 0 radical (unpaired) electrons. The highest BCUT2D eigenvalue weighted by Gasteiger charge is 2.25. The van der Waals surface area contributed by atoms with Crippen LogP contribution in [0, 0.1) is 11.3 Å². The molecule has 0 saturated carbocycles. The van der Waals surface area contributed by atoms with Gasteiger partial charge in [-0.05, 0) is 37.6 Å². The molecule has 0 N–H and O–H groups in total. The van der Waals surface area contributed by atoms with E-state index in [0.29, 0.717) is 5.92 Å². The van der Waals surface area contributed by atoms with E-state index in [1.165, 1.54) is 10.7 Å². The Morgan fingerprint density at radius 1 is 1.25 bits per heavy atom. The lowest BCUT2D eigenvalue weighted by Crippen LogP contribution is -2.32. The predicted octanol–water partition coefficient (Wildman–Crippen LogP) is 4.69. The van der Waals surface area contributed by atoms with Gasteiger partial charge in [-0.3, -0.25) is 4.90 Å². The van der Waals surface area contributed by atoms with Crippen molar-refractivity contribution in [3.63, 3.8) is 0 Å². The van der Waals surface area contributed by atoms with Crippen molar-refractivity contribution in [3.05, 3.63) is 51.5 Å². The van der Waals surface area contributed by atoms with Crippen LogP contribution >= 0.6 is 11.3 Å². The molecule has 1 aliphatic rings. The monoisotopic (exact) mass is 339 g/mol. The van der Waals surface area contributed by atoms with Crippen LogP contribution in [0.1, 0.15) is 61.4 Å². The van der Waals surface area contributed by atoms with E-state index in [-0.39, 0.29) is 5.41 Å². The van der Waals surface area contributed by atoms with Crippen LogP contribution in [0.25, 0.3) is 0 Å². The van der Waals surface area contributed by atoms with Crippen molar-refractivity contribution < 1.29 is 0 Å². The molecule has 1 fully saturated rings. The molecule has 0 bridgehead atoms. The summed E-state index contributed by atoms with van der Waals surface area (Å²) in [6.45, 7) is 9.70. The first-order valence-electron chi connectivity index (χ1n) is 8.63. The average molecular weight is 340 g/mol. The first kappa shape index (κ1) is 17.1. The Labute approximate surface area is 149 Å². The number of likely N-dealkylation sites (tertiary alicyclic amines) is 1. The van der Waals surface area contributed by atoms with E-state index in [0.717, 1.165) is 43.6 Å². The number of rotatable bonds is 3. The van der Waals surface area contributed by atoms with Crippen LogP contribution in [0.2, 0.25) is 0 Å². The van der Waals surface area contributed by atoms with E-state index in [2.05, 4.69) is 43.2 Å². The highest BCUT2D eigenvalue weighted by molar-refractivity contribution is 7.09. The number of thiazole rings is 1. The maximum absolute atomic E-state index is 9.23. The van der Waals surface area contributed by atoms with Crippen molar-refractivity contribution in [1.29, 1.82) is 5.26 Å². The third-order valence-electron chi connectivity index (χ3n) is 4.76. The van der Waals surface area contributed by atoms with Crippen LogP contribution in [0.5, 0.6) is 0 Å². The van der Waals surface area contributed by atoms with Gasteiger partial charge < -0.3 is 0 Å². The molecule has 2 aromatic rings. The molecule has 0 spiro atoms. The molecule has 1 aromatic carbocycles. The summed E-state index contributed by atoms with van der Waals surface area (Å²) in [4.78, 5) is 7.36. The van der Waals surface area contributed by atoms with E-state index >= 15 is 0 Å². The van der Waals surface area contributed by atoms with Crippen LogP contribution < -0.4 is 0 Å². The van der Waals surface area contributed by atoms with Crippen molar-refractivity contribution in [1.82, 2.24) is 9.88 Å². The molecule has 0 amide bonds. The topological polar surface area (TPSA) is 39.9 Å².